The van der Waals surface area contributed by atoms with Crippen molar-refractivity contribution in [3.8, 4) is 5.75 Å². The minimum atomic E-state index is -0.455. The van der Waals surface area contributed by atoms with Gasteiger partial charge in [0.05, 0.1) is 24.4 Å². The van der Waals surface area contributed by atoms with Crippen molar-refractivity contribution in [1.82, 2.24) is 0 Å². The summed E-state index contributed by atoms with van der Waals surface area (Å²) in [6.07, 6.45) is 0.0737. The van der Waals surface area contributed by atoms with Crippen molar-refractivity contribution in [2.24, 2.45) is 0 Å². The Morgan fingerprint density at radius 1 is 1.14 bits per heavy atom. The summed E-state index contributed by atoms with van der Waals surface area (Å²) in [6.45, 7) is 9.34. The van der Waals surface area contributed by atoms with Crippen molar-refractivity contribution < 1.29 is 18.8 Å². The Hall–Kier alpha value is -0.745. The molecule has 2 heterocycles. The molecule has 0 spiro atoms. The molecule has 2 aliphatic heterocycles. The summed E-state index contributed by atoms with van der Waals surface area (Å²) in [6, 6.07) is 5.53. The molecule has 2 fully saturated rings. The van der Waals surface area contributed by atoms with Gasteiger partial charge in [-0.2, -0.15) is 0 Å². The molecule has 0 bridgehead atoms. The Morgan fingerprint density at radius 2 is 1.76 bits per heavy atom. The molecule has 0 unspecified atom stereocenters. The number of hydrogen-bond acceptors (Lipinski definition) is 4. The van der Waals surface area contributed by atoms with Crippen molar-refractivity contribution >= 4 is 24.2 Å². The SMILES string of the molecule is CC1(C)OB(c2ccc(Cl)cc2OC2COC2)OC1(C)C. The maximum Gasteiger partial charge on any atom is 0.498 e. The molecule has 3 rings (SSSR count). The third-order valence-corrected chi connectivity index (χ3v) is 4.62. The molecular formula is C15H20BClO4. The van der Waals surface area contributed by atoms with Crippen molar-refractivity contribution in [3.05, 3.63) is 23.2 Å². The molecule has 4 nitrogen and oxygen atoms in total. The minimum Gasteiger partial charge on any atom is -0.486 e. The molecule has 6 heteroatoms. The topological polar surface area (TPSA) is 36.9 Å². The van der Waals surface area contributed by atoms with E-state index < -0.39 is 7.12 Å². The molecule has 1 aromatic carbocycles. The monoisotopic (exact) mass is 310 g/mol. The van der Waals surface area contributed by atoms with E-state index in [1.165, 1.54) is 0 Å². The lowest BCUT2D eigenvalue weighted by atomic mass is 9.78. The van der Waals surface area contributed by atoms with Gasteiger partial charge in [0.25, 0.3) is 0 Å². The van der Waals surface area contributed by atoms with E-state index in [9.17, 15) is 0 Å². The highest BCUT2D eigenvalue weighted by Crippen LogP contribution is 2.37. The van der Waals surface area contributed by atoms with Crippen LogP contribution in [0, 0.1) is 0 Å². The lowest BCUT2D eigenvalue weighted by Gasteiger charge is -2.32. The van der Waals surface area contributed by atoms with Crippen LogP contribution >= 0.6 is 11.6 Å². The summed E-state index contributed by atoms with van der Waals surface area (Å²) in [4.78, 5) is 0. The van der Waals surface area contributed by atoms with Crippen LogP contribution in [-0.4, -0.2) is 37.6 Å². The Bertz CT molecular complexity index is 526. The first-order valence-corrected chi connectivity index (χ1v) is 7.56. The molecule has 0 atom stereocenters. The summed E-state index contributed by atoms with van der Waals surface area (Å²) in [5, 5.41) is 0.630. The molecule has 1 aromatic rings. The summed E-state index contributed by atoms with van der Waals surface area (Å²) in [5.74, 6) is 0.703. The van der Waals surface area contributed by atoms with Crippen molar-refractivity contribution in [2.75, 3.05) is 13.2 Å². The van der Waals surface area contributed by atoms with Crippen molar-refractivity contribution in [3.63, 3.8) is 0 Å². The van der Waals surface area contributed by atoms with Gasteiger partial charge in [0.2, 0.25) is 0 Å². The second kappa shape index (κ2) is 5.16. The van der Waals surface area contributed by atoms with E-state index in [2.05, 4.69) is 0 Å². The molecule has 2 aliphatic rings. The van der Waals surface area contributed by atoms with Crippen LogP contribution in [0.4, 0.5) is 0 Å². The van der Waals surface area contributed by atoms with Crippen LogP contribution in [0.3, 0.4) is 0 Å². The molecule has 0 N–H and O–H groups in total. The van der Waals surface area contributed by atoms with E-state index in [4.69, 9.17) is 30.4 Å². The zero-order valence-corrected chi connectivity index (χ0v) is 13.6. The van der Waals surface area contributed by atoms with E-state index in [0.717, 1.165) is 5.46 Å². The van der Waals surface area contributed by atoms with Gasteiger partial charge < -0.3 is 18.8 Å². The highest BCUT2D eigenvalue weighted by atomic mass is 35.5. The fourth-order valence-electron chi connectivity index (χ4n) is 2.24. The summed E-state index contributed by atoms with van der Waals surface area (Å²) in [5.41, 5.74) is 0.104. The summed E-state index contributed by atoms with van der Waals surface area (Å²) in [7, 11) is -0.455. The lowest BCUT2D eigenvalue weighted by molar-refractivity contribution is -0.0793. The number of benzene rings is 1. The standard InChI is InChI=1S/C15H20BClO4/c1-14(2)15(3,4)21-16(20-14)12-6-5-10(17)7-13(12)19-11-8-18-9-11/h5-7,11H,8-9H2,1-4H3. The first-order chi connectivity index (χ1) is 9.78. The first-order valence-electron chi connectivity index (χ1n) is 7.18. The fourth-order valence-corrected chi connectivity index (χ4v) is 2.40. The third kappa shape index (κ3) is 2.80. The summed E-state index contributed by atoms with van der Waals surface area (Å²) < 4.78 is 23.3. The first kappa shape index (κ1) is 15.2. The van der Waals surface area contributed by atoms with Crippen LogP contribution in [0.15, 0.2) is 18.2 Å². The Balaban J connectivity index is 1.88. The third-order valence-electron chi connectivity index (χ3n) is 4.38. The molecule has 0 saturated carbocycles. The molecule has 2 saturated heterocycles. The molecule has 21 heavy (non-hydrogen) atoms. The molecule has 0 radical (unpaired) electrons. The van der Waals surface area contributed by atoms with Crippen LogP contribution in [0.5, 0.6) is 5.75 Å². The molecular weight excluding hydrogens is 290 g/mol. The Labute approximate surface area is 130 Å². The number of hydrogen-bond donors (Lipinski definition) is 0. The van der Waals surface area contributed by atoms with E-state index in [1.54, 1.807) is 6.07 Å². The zero-order chi connectivity index (χ0) is 15.3. The largest absolute Gasteiger partial charge is 0.498 e. The van der Waals surface area contributed by atoms with Crippen molar-refractivity contribution in [1.29, 1.82) is 0 Å². The maximum absolute atomic E-state index is 6.09. The van der Waals surface area contributed by atoms with E-state index >= 15 is 0 Å². The number of halogens is 1. The van der Waals surface area contributed by atoms with Crippen LogP contribution in [-0.2, 0) is 14.0 Å². The van der Waals surface area contributed by atoms with Gasteiger partial charge in [-0.1, -0.05) is 17.7 Å². The molecule has 0 aliphatic carbocycles. The quantitative estimate of drug-likeness (QED) is 0.804. The Morgan fingerprint density at radius 3 is 2.29 bits per heavy atom. The van der Waals surface area contributed by atoms with Gasteiger partial charge in [-0.05, 0) is 39.8 Å². The second-order valence-corrected chi connectivity index (χ2v) is 6.98. The fraction of sp³-hybridized carbons (Fsp3) is 0.600. The second-order valence-electron chi connectivity index (χ2n) is 6.55. The highest BCUT2D eigenvalue weighted by molar-refractivity contribution is 6.63. The van der Waals surface area contributed by atoms with Crippen molar-refractivity contribution in [2.45, 2.75) is 45.0 Å². The van der Waals surface area contributed by atoms with Crippen LogP contribution in [0.1, 0.15) is 27.7 Å². The maximum atomic E-state index is 6.09. The average Bonchev–Trinajstić information content (AvgIpc) is 2.53. The van der Waals surface area contributed by atoms with Gasteiger partial charge in [0.15, 0.2) is 0 Å². The van der Waals surface area contributed by atoms with Crippen LogP contribution in [0.2, 0.25) is 5.02 Å². The minimum absolute atomic E-state index is 0.0737. The lowest BCUT2D eigenvalue weighted by Crippen LogP contribution is -2.42. The van der Waals surface area contributed by atoms with Gasteiger partial charge in [0.1, 0.15) is 11.9 Å². The van der Waals surface area contributed by atoms with Crippen LogP contribution < -0.4 is 10.2 Å². The van der Waals surface area contributed by atoms with Gasteiger partial charge in [-0.25, -0.2) is 0 Å². The number of ether oxygens (including phenoxy) is 2. The van der Waals surface area contributed by atoms with E-state index in [0.29, 0.717) is 24.0 Å². The molecule has 0 aromatic heterocycles. The molecule has 0 amide bonds. The number of rotatable bonds is 3. The summed E-state index contributed by atoms with van der Waals surface area (Å²) >= 11 is 6.09. The normalized spacial score (nSPS) is 24.0. The smallest absolute Gasteiger partial charge is 0.486 e. The highest BCUT2D eigenvalue weighted by Gasteiger charge is 2.52. The average molecular weight is 311 g/mol. The zero-order valence-electron chi connectivity index (χ0n) is 12.8. The predicted octanol–water partition coefficient (Wildman–Crippen LogP) is 2.42. The van der Waals surface area contributed by atoms with E-state index in [-0.39, 0.29) is 17.3 Å². The Kier molecular flexibility index (Phi) is 3.73. The van der Waals surface area contributed by atoms with Gasteiger partial charge in [-0.15, -0.1) is 0 Å². The van der Waals surface area contributed by atoms with Gasteiger partial charge in [0, 0.05) is 10.5 Å². The molecule has 114 valence electrons. The van der Waals surface area contributed by atoms with Gasteiger partial charge >= 0.3 is 7.12 Å². The van der Waals surface area contributed by atoms with E-state index in [1.807, 2.05) is 39.8 Å². The predicted molar refractivity (Wildman–Crippen MR) is 82.4 cm³/mol. The van der Waals surface area contributed by atoms with Crippen LogP contribution in [0.25, 0.3) is 0 Å². The van der Waals surface area contributed by atoms with Gasteiger partial charge in [-0.3, -0.25) is 0 Å².